The van der Waals surface area contributed by atoms with E-state index in [1.807, 2.05) is 73.3 Å². The molecule has 0 fully saturated rings. The highest BCUT2D eigenvalue weighted by atomic mass is 16.5. The van der Waals surface area contributed by atoms with Crippen molar-refractivity contribution in [3.05, 3.63) is 65.9 Å². The molecule has 0 atom stereocenters. The van der Waals surface area contributed by atoms with Gasteiger partial charge in [-0.15, -0.1) is 0 Å². The van der Waals surface area contributed by atoms with Crippen LogP contribution in [0, 0.1) is 0 Å². The van der Waals surface area contributed by atoms with Gasteiger partial charge in [0.25, 0.3) is 11.8 Å². The highest BCUT2D eigenvalue weighted by Crippen LogP contribution is 2.35. The molecule has 0 bridgehead atoms. The van der Waals surface area contributed by atoms with E-state index in [1.165, 1.54) is 4.90 Å². The van der Waals surface area contributed by atoms with Crippen molar-refractivity contribution in [2.75, 3.05) is 24.6 Å². The van der Waals surface area contributed by atoms with Crippen LogP contribution in [-0.4, -0.2) is 36.4 Å². The number of ether oxygens (including phenoxy) is 1. The third kappa shape index (κ3) is 4.40. The Morgan fingerprint density at radius 2 is 1.57 bits per heavy atom. The number of carbonyl (C=O) groups is 2. The number of benzene rings is 2. The lowest BCUT2D eigenvalue weighted by Gasteiger charge is -2.25. The maximum atomic E-state index is 13.4. The van der Waals surface area contributed by atoms with Crippen LogP contribution < -0.4 is 9.64 Å². The van der Waals surface area contributed by atoms with Crippen LogP contribution in [0.4, 0.5) is 5.69 Å². The Hall–Kier alpha value is -3.08. The topological polar surface area (TPSA) is 49.9 Å². The van der Waals surface area contributed by atoms with Crippen molar-refractivity contribution < 1.29 is 14.3 Å². The normalized spacial score (nSPS) is 13.9. The lowest BCUT2D eigenvalue weighted by Crippen LogP contribution is -2.36. The summed E-state index contributed by atoms with van der Waals surface area (Å²) in [5.74, 6) is 0.311. The van der Waals surface area contributed by atoms with Gasteiger partial charge in [-0.1, -0.05) is 50.1 Å². The van der Waals surface area contributed by atoms with Crippen molar-refractivity contribution in [3.63, 3.8) is 0 Å². The van der Waals surface area contributed by atoms with Gasteiger partial charge in [0.1, 0.15) is 11.4 Å². The zero-order chi connectivity index (χ0) is 21.5. The van der Waals surface area contributed by atoms with Crippen molar-refractivity contribution in [2.24, 2.45) is 0 Å². The molecule has 5 heteroatoms. The summed E-state index contributed by atoms with van der Waals surface area (Å²) in [6.07, 6.45) is 2.84. The molecule has 1 heterocycles. The number of anilines is 1. The van der Waals surface area contributed by atoms with Crippen molar-refractivity contribution >= 4 is 23.1 Å². The number of nitrogens with zero attached hydrogens (tertiary/aromatic N) is 2. The van der Waals surface area contributed by atoms with Gasteiger partial charge in [0.05, 0.1) is 12.2 Å². The molecule has 0 saturated carbocycles. The fourth-order valence-electron chi connectivity index (χ4n) is 3.76. The molecule has 3 rings (SSSR count). The van der Waals surface area contributed by atoms with E-state index in [1.54, 1.807) is 0 Å². The van der Waals surface area contributed by atoms with Gasteiger partial charge in [-0.05, 0) is 50.1 Å². The first-order valence-electron chi connectivity index (χ1n) is 10.8. The number of carbonyl (C=O) groups excluding carboxylic acids is 2. The highest BCUT2D eigenvalue weighted by molar-refractivity contribution is 6.36. The van der Waals surface area contributed by atoms with Crippen LogP contribution in [0.5, 0.6) is 5.75 Å². The molecule has 1 aliphatic rings. The Kier molecular flexibility index (Phi) is 7.28. The largest absolute Gasteiger partial charge is 0.494 e. The number of likely N-dealkylation sites (N-methyl/N-ethyl adjacent to an activating group) is 1. The molecule has 0 saturated heterocycles. The quantitative estimate of drug-likeness (QED) is 0.417. The summed E-state index contributed by atoms with van der Waals surface area (Å²) in [5.41, 5.74) is 2.55. The van der Waals surface area contributed by atoms with Crippen molar-refractivity contribution in [1.29, 1.82) is 0 Å². The molecule has 0 aliphatic carbocycles. The van der Waals surface area contributed by atoms with Gasteiger partial charge < -0.3 is 9.64 Å². The number of unbranched alkanes of at least 4 members (excludes halogenated alkanes) is 2. The second kappa shape index (κ2) is 10.1. The van der Waals surface area contributed by atoms with Crippen LogP contribution in [0.15, 0.2) is 60.3 Å². The Morgan fingerprint density at radius 1 is 0.867 bits per heavy atom. The predicted octanol–water partition coefficient (Wildman–Crippen LogP) is 4.88. The maximum absolute atomic E-state index is 13.4. The molecule has 2 amide bonds. The second-order valence-electron chi connectivity index (χ2n) is 7.23. The first kappa shape index (κ1) is 21.6. The van der Waals surface area contributed by atoms with E-state index in [0.717, 1.165) is 36.3 Å². The van der Waals surface area contributed by atoms with Gasteiger partial charge in [-0.3, -0.25) is 14.5 Å². The minimum Gasteiger partial charge on any atom is -0.494 e. The van der Waals surface area contributed by atoms with Gasteiger partial charge in [0.15, 0.2) is 0 Å². The fourth-order valence-corrected chi connectivity index (χ4v) is 3.76. The molecule has 0 spiro atoms. The van der Waals surface area contributed by atoms with E-state index in [-0.39, 0.29) is 11.8 Å². The van der Waals surface area contributed by atoms with Crippen LogP contribution in [0.2, 0.25) is 0 Å². The molecular formula is C25H30N2O3. The van der Waals surface area contributed by atoms with Crippen molar-refractivity contribution in [3.8, 4) is 5.75 Å². The molecule has 2 aromatic carbocycles. The highest BCUT2D eigenvalue weighted by Gasteiger charge is 2.41. The summed E-state index contributed by atoms with van der Waals surface area (Å²) in [6.45, 7) is 7.64. The average Bonchev–Trinajstić information content (AvgIpc) is 3.01. The summed E-state index contributed by atoms with van der Waals surface area (Å²) in [4.78, 5) is 30.1. The Bertz CT molecular complexity index is 904. The van der Waals surface area contributed by atoms with Crippen LogP contribution >= 0.6 is 0 Å². The third-order valence-corrected chi connectivity index (χ3v) is 5.24. The molecule has 0 N–H and O–H groups in total. The standard InChI is InChI=1S/C25H30N2O3/c1-4-7-11-18-27-24(28)22(19-14-16-21(17-15-19)30-6-3)23(25(27)29)26(5-2)20-12-9-8-10-13-20/h8-10,12-17H,4-7,11,18H2,1-3H3. The number of para-hydroxylation sites is 1. The summed E-state index contributed by atoms with van der Waals surface area (Å²) >= 11 is 0. The van der Waals surface area contributed by atoms with Gasteiger partial charge >= 0.3 is 0 Å². The van der Waals surface area contributed by atoms with Gasteiger partial charge in [0.2, 0.25) is 0 Å². The van der Waals surface area contributed by atoms with E-state index in [9.17, 15) is 9.59 Å². The summed E-state index contributed by atoms with van der Waals surface area (Å²) in [6, 6.07) is 17.2. The lowest BCUT2D eigenvalue weighted by molar-refractivity contribution is -0.137. The smallest absolute Gasteiger partial charge is 0.278 e. The zero-order valence-corrected chi connectivity index (χ0v) is 18.1. The van der Waals surface area contributed by atoms with Crippen LogP contribution in [-0.2, 0) is 9.59 Å². The SMILES string of the molecule is CCCCCN1C(=O)C(c2ccc(OCC)cc2)=C(N(CC)c2ccccc2)C1=O. The first-order chi connectivity index (χ1) is 14.6. The fraction of sp³-hybridized carbons (Fsp3) is 0.360. The Labute approximate surface area is 178 Å². The van der Waals surface area contributed by atoms with E-state index in [4.69, 9.17) is 4.74 Å². The molecule has 1 aliphatic heterocycles. The van der Waals surface area contributed by atoms with E-state index >= 15 is 0 Å². The summed E-state index contributed by atoms with van der Waals surface area (Å²) in [7, 11) is 0. The second-order valence-corrected chi connectivity index (χ2v) is 7.23. The molecular weight excluding hydrogens is 376 g/mol. The van der Waals surface area contributed by atoms with Crippen molar-refractivity contribution in [1.82, 2.24) is 4.90 Å². The maximum Gasteiger partial charge on any atom is 0.278 e. The van der Waals surface area contributed by atoms with E-state index < -0.39 is 0 Å². The lowest BCUT2D eigenvalue weighted by atomic mass is 10.0. The van der Waals surface area contributed by atoms with E-state index in [2.05, 4.69) is 6.92 Å². The molecule has 158 valence electrons. The minimum atomic E-state index is -0.218. The number of rotatable bonds is 10. The van der Waals surface area contributed by atoms with Gasteiger partial charge in [0, 0.05) is 18.8 Å². The van der Waals surface area contributed by atoms with E-state index in [0.29, 0.717) is 31.0 Å². The van der Waals surface area contributed by atoms with Crippen molar-refractivity contribution in [2.45, 2.75) is 40.0 Å². The first-order valence-corrected chi connectivity index (χ1v) is 10.8. The van der Waals surface area contributed by atoms with Crippen LogP contribution in [0.3, 0.4) is 0 Å². The van der Waals surface area contributed by atoms with Gasteiger partial charge in [-0.25, -0.2) is 0 Å². The molecule has 30 heavy (non-hydrogen) atoms. The molecule has 0 aromatic heterocycles. The Morgan fingerprint density at radius 3 is 2.17 bits per heavy atom. The zero-order valence-electron chi connectivity index (χ0n) is 18.1. The number of hydrogen-bond donors (Lipinski definition) is 0. The summed E-state index contributed by atoms with van der Waals surface area (Å²) < 4.78 is 5.53. The van der Waals surface area contributed by atoms with Crippen LogP contribution in [0.1, 0.15) is 45.6 Å². The average molecular weight is 407 g/mol. The predicted molar refractivity (Wildman–Crippen MR) is 120 cm³/mol. The molecule has 5 nitrogen and oxygen atoms in total. The monoisotopic (exact) mass is 406 g/mol. The minimum absolute atomic E-state index is 0.217. The number of amides is 2. The molecule has 2 aromatic rings. The number of hydrogen-bond acceptors (Lipinski definition) is 4. The van der Waals surface area contributed by atoms with Gasteiger partial charge in [-0.2, -0.15) is 0 Å². The summed E-state index contributed by atoms with van der Waals surface area (Å²) in [5, 5.41) is 0. The molecule has 0 radical (unpaired) electrons. The third-order valence-electron chi connectivity index (χ3n) is 5.24. The van der Waals surface area contributed by atoms with Crippen LogP contribution in [0.25, 0.3) is 5.57 Å². The Balaban J connectivity index is 2.06. The molecule has 0 unspecified atom stereocenters. The number of imide groups is 1.